The minimum absolute atomic E-state index is 0.184. The molecule has 3 nitrogen and oxygen atoms in total. The predicted molar refractivity (Wildman–Crippen MR) is 129 cm³/mol. The highest BCUT2D eigenvalue weighted by atomic mass is 19.2. The van der Waals surface area contributed by atoms with E-state index in [-0.39, 0.29) is 12.6 Å². The van der Waals surface area contributed by atoms with Crippen LogP contribution in [0.1, 0.15) is 18.1 Å². The Morgan fingerprint density at radius 1 is 0.941 bits per heavy atom. The molecule has 1 fully saturated rings. The number of halogens is 3. The lowest BCUT2D eigenvalue weighted by molar-refractivity contribution is 0.0668. The Morgan fingerprint density at radius 2 is 1.68 bits per heavy atom. The van der Waals surface area contributed by atoms with Crippen LogP contribution < -0.4 is 9.47 Å². The molecule has 34 heavy (non-hydrogen) atoms. The first-order valence-corrected chi connectivity index (χ1v) is 11.4. The summed E-state index contributed by atoms with van der Waals surface area (Å²) in [5.74, 6) is 0.323. The minimum atomic E-state index is -0.836. The van der Waals surface area contributed by atoms with Gasteiger partial charge in [0.05, 0.1) is 6.67 Å². The zero-order chi connectivity index (χ0) is 23.9. The van der Waals surface area contributed by atoms with E-state index < -0.39 is 11.6 Å². The monoisotopic (exact) mass is 467 g/mol. The van der Waals surface area contributed by atoms with Crippen LogP contribution in [0.25, 0.3) is 11.1 Å². The van der Waals surface area contributed by atoms with Crippen LogP contribution in [0.3, 0.4) is 0 Å². The van der Waals surface area contributed by atoms with Crippen LogP contribution in [0.5, 0.6) is 11.5 Å². The van der Waals surface area contributed by atoms with Gasteiger partial charge in [0.15, 0.2) is 11.6 Å². The van der Waals surface area contributed by atoms with Crippen LogP contribution in [-0.2, 0) is 0 Å². The van der Waals surface area contributed by atoms with E-state index in [1.807, 2.05) is 61.5 Å². The molecular weight excluding hydrogens is 439 g/mol. The van der Waals surface area contributed by atoms with Gasteiger partial charge in [0.25, 0.3) is 0 Å². The number of hydrogen-bond donors (Lipinski definition) is 0. The third-order valence-electron chi connectivity index (χ3n) is 6.05. The maximum Gasteiger partial charge on any atom is 0.159 e. The largest absolute Gasteiger partial charge is 0.492 e. The van der Waals surface area contributed by atoms with Gasteiger partial charge in [-0.1, -0.05) is 42.5 Å². The maximum absolute atomic E-state index is 13.3. The molecule has 2 aliphatic heterocycles. The number of fused-ring (bicyclic) bond motifs is 1. The highest BCUT2D eigenvalue weighted by Crippen LogP contribution is 2.36. The van der Waals surface area contributed by atoms with Crippen LogP contribution >= 0.6 is 0 Å². The van der Waals surface area contributed by atoms with E-state index in [2.05, 4.69) is 4.90 Å². The van der Waals surface area contributed by atoms with E-state index in [9.17, 15) is 13.2 Å². The number of allylic oxidation sites excluding steroid dienone is 1. The van der Waals surface area contributed by atoms with Crippen LogP contribution in [0.4, 0.5) is 13.2 Å². The molecule has 0 amide bonds. The molecule has 0 spiro atoms. The zero-order valence-corrected chi connectivity index (χ0v) is 19.1. The molecule has 0 unspecified atom stereocenters. The number of para-hydroxylation sites is 2. The van der Waals surface area contributed by atoms with Gasteiger partial charge < -0.3 is 9.47 Å². The summed E-state index contributed by atoms with van der Waals surface area (Å²) >= 11 is 0. The number of ether oxygens (including phenoxy) is 2. The van der Waals surface area contributed by atoms with Crippen molar-refractivity contribution in [3.05, 3.63) is 95.6 Å². The van der Waals surface area contributed by atoms with E-state index in [1.54, 1.807) is 6.07 Å². The summed E-state index contributed by atoms with van der Waals surface area (Å²) in [6.07, 6.45) is 0. The second-order valence-electron chi connectivity index (χ2n) is 8.46. The number of likely N-dealkylation sites (tertiary alicyclic amines) is 1. The van der Waals surface area contributed by atoms with Crippen molar-refractivity contribution in [2.45, 2.75) is 6.92 Å². The van der Waals surface area contributed by atoms with Crippen molar-refractivity contribution in [3.63, 3.8) is 0 Å². The molecule has 0 atom stereocenters. The molecule has 3 aromatic rings. The first-order valence-electron chi connectivity index (χ1n) is 11.4. The number of alkyl halides is 1. The predicted octanol–water partition coefficient (Wildman–Crippen LogP) is 6.25. The van der Waals surface area contributed by atoms with Gasteiger partial charge in [0.1, 0.15) is 24.7 Å². The molecule has 0 N–H and O–H groups in total. The lowest BCUT2D eigenvalue weighted by Crippen LogP contribution is -2.49. The highest BCUT2D eigenvalue weighted by Gasteiger charge is 2.25. The molecular formula is C28H28F3NO2. The topological polar surface area (TPSA) is 21.7 Å². The molecule has 5 rings (SSSR count). The standard InChI is InChI=1S/C16H12F2O.C12H16FNO/c1-10-12-4-2-3-5-16(12)19-9-13(10)11-6-7-14(17)15(18)8-11;13-8-11-9-14(10-11)6-7-15-12-4-2-1-3-5-12/h2-8H,9H2,1H3;1-5,11H,6-10H2. The van der Waals surface area contributed by atoms with Crippen molar-refractivity contribution in [2.75, 3.05) is 39.5 Å². The van der Waals surface area contributed by atoms with Gasteiger partial charge in [0, 0.05) is 36.7 Å². The fourth-order valence-corrected chi connectivity index (χ4v) is 4.07. The SMILES string of the molecule is CC1=C(c2ccc(F)c(F)c2)COc2ccccc21.FCC1CN(CCOc2ccccc2)C1. The Hall–Kier alpha value is -3.25. The second-order valence-corrected chi connectivity index (χ2v) is 8.46. The first kappa shape index (κ1) is 23.9. The van der Waals surface area contributed by atoms with E-state index in [0.29, 0.717) is 18.8 Å². The molecule has 178 valence electrons. The summed E-state index contributed by atoms with van der Waals surface area (Å²) < 4.78 is 49.6. The third-order valence-corrected chi connectivity index (χ3v) is 6.05. The van der Waals surface area contributed by atoms with Crippen molar-refractivity contribution in [3.8, 4) is 11.5 Å². The maximum atomic E-state index is 13.3. The molecule has 3 aromatic carbocycles. The van der Waals surface area contributed by atoms with Gasteiger partial charge in [-0.05, 0) is 48.4 Å². The number of nitrogens with zero attached hydrogens (tertiary/aromatic N) is 1. The summed E-state index contributed by atoms with van der Waals surface area (Å²) in [7, 11) is 0. The number of hydrogen-bond acceptors (Lipinski definition) is 3. The molecule has 0 bridgehead atoms. The summed E-state index contributed by atoms with van der Waals surface area (Å²) in [5, 5.41) is 0. The zero-order valence-electron chi connectivity index (χ0n) is 19.1. The van der Waals surface area contributed by atoms with E-state index in [1.165, 1.54) is 6.07 Å². The second kappa shape index (κ2) is 11.3. The smallest absolute Gasteiger partial charge is 0.159 e. The van der Waals surface area contributed by atoms with Crippen molar-refractivity contribution >= 4 is 11.1 Å². The average Bonchev–Trinajstić information content (AvgIpc) is 2.84. The van der Waals surface area contributed by atoms with Crippen LogP contribution in [0.15, 0.2) is 72.8 Å². The molecule has 0 saturated carbocycles. The lowest BCUT2D eigenvalue weighted by Gasteiger charge is -2.37. The molecule has 0 aliphatic carbocycles. The van der Waals surface area contributed by atoms with Gasteiger partial charge in [-0.25, -0.2) is 8.78 Å². The Bertz CT molecular complexity index is 1130. The number of rotatable bonds is 6. The van der Waals surface area contributed by atoms with Crippen molar-refractivity contribution in [1.82, 2.24) is 4.90 Å². The summed E-state index contributed by atoms with van der Waals surface area (Å²) in [4.78, 5) is 2.22. The highest BCUT2D eigenvalue weighted by molar-refractivity contribution is 5.93. The Morgan fingerprint density at radius 3 is 2.41 bits per heavy atom. The van der Waals surface area contributed by atoms with Crippen molar-refractivity contribution in [2.24, 2.45) is 5.92 Å². The van der Waals surface area contributed by atoms with Crippen LogP contribution in [0, 0.1) is 17.6 Å². The average molecular weight is 468 g/mol. The minimum Gasteiger partial charge on any atom is -0.492 e. The fourth-order valence-electron chi connectivity index (χ4n) is 4.07. The van der Waals surface area contributed by atoms with Gasteiger partial charge in [-0.2, -0.15) is 0 Å². The molecule has 6 heteroatoms. The first-order chi connectivity index (χ1) is 16.5. The van der Waals surface area contributed by atoms with Gasteiger partial charge in [0.2, 0.25) is 0 Å². The fraction of sp³-hybridized carbons (Fsp3) is 0.286. The Kier molecular flexibility index (Phi) is 7.91. The third kappa shape index (κ3) is 5.81. The summed E-state index contributed by atoms with van der Waals surface area (Å²) in [6.45, 7) is 5.50. The molecule has 0 radical (unpaired) electrons. The van der Waals surface area contributed by atoms with Gasteiger partial charge in [-0.15, -0.1) is 0 Å². The normalized spacial score (nSPS) is 15.5. The van der Waals surface area contributed by atoms with E-state index in [4.69, 9.17) is 9.47 Å². The quantitative estimate of drug-likeness (QED) is 0.428. The molecule has 1 saturated heterocycles. The molecule has 2 aliphatic rings. The summed E-state index contributed by atoms with van der Waals surface area (Å²) in [5.41, 5.74) is 3.57. The van der Waals surface area contributed by atoms with Crippen LogP contribution in [0.2, 0.25) is 0 Å². The Balaban J connectivity index is 0.000000166. The Labute approximate surface area is 198 Å². The van der Waals surface area contributed by atoms with E-state index >= 15 is 0 Å². The van der Waals surface area contributed by atoms with Gasteiger partial charge >= 0.3 is 0 Å². The van der Waals surface area contributed by atoms with Crippen molar-refractivity contribution in [1.29, 1.82) is 0 Å². The molecule has 2 heterocycles. The van der Waals surface area contributed by atoms with E-state index in [0.717, 1.165) is 53.9 Å². The lowest BCUT2D eigenvalue weighted by atomic mass is 9.94. The molecule has 0 aromatic heterocycles. The van der Waals surface area contributed by atoms with Crippen LogP contribution in [-0.4, -0.2) is 44.4 Å². The van der Waals surface area contributed by atoms with Gasteiger partial charge in [-0.3, -0.25) is 9.29 Å². The van der Waals surface area contributed by atoms with Crippen molar-refractivity contribution < 1.29 is 22.6 Å². The number of benzene rings is 3. The summed E-state index contributed by atoms with van der Waals surface area (Å²) in [6, 6.07) is 21.4.